The molecule has 152 valence electrons. The quantitative estimate of drug-likeness (QED) is 0.610. The summed E-state index contributed by atoms with van der Waals surface area (Å²) in [4.78, 5) is 28.7. The summed E-state index contributed by atoms with van der Waals surface area (Å²) in [6, 6.07) is 23.7. The van der Waals surface area contributed by atoms with Gasteiger partial charge in [-0.2, -0.15) is 0 Å². The SMILES string of the molecule is Cc1cccc(NC(=O)CN2C(=O)C[C@H](c3ccccc3)Sc3ccccc32)c1C. The lowest BCUT2D eigenvalue weighted by molar-refractivity contribution is -0.121. The molecule has 0 saturated heterocycles. The van der Waals surface area contributed by atoms with Crippen molar-refractivity contribution in [1.82, 2.24) is 0 Å². The van der Waals surface area contributed by atoms with Crippen LogP contribution in [0.5, 0.6) is 0 Å². The number of amides is 2. The number of carbonyl (C=O) groups excluding carboxylic acids is 2. The van der Waals surface area contributed by atoms with E-state index in [0.29, 0.717) is 6.42 Å². The molecule has 0 unspecified atom stereocenters. The molecule has 1 aliphatic rings. The van der Waals surface area contributed by atoms with Gasteiger partial charge in [0.05, 0.1) is 5.69 Å². The Bertz CT molecular complexity index is 1080. The summed E-state index contributed by atoms with van der Waals surface area (Å²) in [5, 5.41) is 2.99. The van der Waals surface area contributed by atoms with Gasteiger partial charge in [0.25, 0.3) is 0 Å². The second kappa shape index (κ2) is 8.76. The standard InChI is InChI=1S/C25H24N2O2S/c1-17-9-8-12-20(18(17)2)26-24(28)16-27-21-13-6-7-14-22(21)30-23(15-25(27)29)19-10-4-3-5-11-19/h3-14,23H,15-16H2,1-2H3,(H,26,28)/t23-/m1/s1. The van der Waals surface area contributed by atoms with Crippen LogP contribution in [0.4, 0.5) is 11.4 Å². The summed E-state index contributed by atoms with van der Waals surface area (Å²) in [6.07, 6.45) is 0.347. The van der Waals surface area contributed by atoms with Gasteiger partial charge in [-0.15, -0.1) is 11.8 Å². The zero-order valence-corrected chi connectivity index (χ0v) is 17.9. The second-order valence-electron chi connectivity index (χ2n) is 7.46. The highest BCUT2D eigenvalue weighted by molar-refractivity contribution is 7.99. The van der Waals surface area contributed by atoms with Crippen LogP contribution in [0.15, 0.2) is 77.7 Å². The Hall–Kier alpha value is -3.05. The molecule has 1 heterocycles. The first-order valence-electron chi connectivity index (χ1n) is 10.00. The number of aryl methyl sites for hydroxylation is 1. The maximum atomic E-state index is 13.2. The fraction of sp³-hybridized carbons (Fsp3) is 0.200. The van der Waals surface area contributed by atoms with Crippen molar-refractivity contribution in [2.45, 2.75) is 30.4 Å². The Morgan fingerprint density at radius 2 is 1.73 bits per heavy atom. The number of benzene rings is 3. The van der Waals surface area contributed by atoms with E-state index in [1.165, 1.54) is 0 Å². The van der Waals surface area contributed by atoms with Crippen LogP contribution in [0, 0.1) is 13.8 Å². The number of fused-ring (bicyclic) bond motifs is 1. The molecule has 0 radical (unpaired) electrons. The lowest BCUT2D eigenvalue weighted by Crippen LogP contribution is -2.38. The van der Waals surface area contributed by atoms with Crippen LogP contribution in [-0.4, -0.2) is 18.4 Å². The van der Waals surface area contributed by atoms with Crippen LogP contribution in [0.1, 0.15) is 28.4 Å². The van der Waals surface area contributed by atoms with Gasteiger partial charge in [0.15, 0.2) is 0 Å². The van der Waals surface area contributed by atoms with Crippen molar-refractivity contribution in [3.63, 3.8) is 0 Å². The minimum atomic E-state index is -0.199. The van der Waals surface area contributed by atoms with Crippen molar-refractivity contribution in [3.8, 4) is 0 Å². The van der Waals surface area contributed by atoms with E-state index in [2.05, 4.69) is 17.4 Å². The molecule has 1 N–H and O–H groups in total. The molecular formula is C25H24N2O2S. The normalized spacial score (nSPS) is 16.0. The molecule has 4 rings (SSSR count). The molecule has 30 heavy (non-hydrogen) atoms. The third kappa shape index (κ3) is 4.26. The van der Waals surface area contributed by atoms with Crippen LogP contribution in [-0.2, 0) is 9.59 Å². The van der Waals surface area contributed by atoms with E-state index in [1.54, 1.807) is 16.7 Å². The smallest absolute Gasteiger partial charge is 0.244 e. The van der Waals surface area contributed by atoms with Gasteiger partial charge in [-0.05, 0) is 48.7 Å². The van der Waals surface area contributed by atoms with Crippen LogP contribution in [0.25, 0.3) is 0 Å². The number of carbonyl (C=O) groups is 2. The van der Waals surface area contributed by atoms with Crippen molar-refractivity contribution in [1.29, 1.82) is 0 Å². The van der Waals surface area contributed by atoms with Crippen LogP contribution in [0.3, 0.4) is 0 Å². The number of para-hydroxylation sites is 1. The number of anilines is 2. The minimum Gasteiger partial charge on any atom is -0.324 e. The highest BCUT2D eigenvalue weighted by Crippen LogP contribution is 2.45. The Balaban J connectivity index is 1.59. The average molecular weight is 417 g/mol. The van der Waals surface area contributed by atoms with Crippen LogP contribution >= 0.6 is 11.8 Å². The number of rotatable bonds is 4. The summed E-state index contributed by atoms with van der Waals surface area (Å²) >= 11 is 1.68. The summed E-state index contributed by atoms with van der Waals surface area (Å²) < 4.78 is 0. The lowest BCUT2D eigenvalue weighted by atomic mass is 10.1. The highest BCUT2D eigenvalue weighted by atomic mass is 32.2. The van der Waals surface area contributed by atoms with Crippen molar-refractivity contribution in [2.75, 3.05) is 16.8 Å². The molecule has 0 fully saturated rings. The van der Waals surface area contributed by atoms with E-state index in [0.717, 1.165) is 33.0 Å². The Morgan fingerprint density at radius 1 is 1.00 bits per heavy atom. The average Bonchev–Trinajstić information content (AvgIpc) is 2.89. The molecule has 1 atom stereocenters. The predicted octanol–water partition coefficient (Wildman–Crippen LogP) is 5.51. The molecule has 3 aromatic rings. The Morgan fingerprint density at radius 3 is 2.53 bits per heavy atom. The minimum absolute atomic E-state index is 0.00863. The van der Waals surface area contributed by atoms with E-state index in [-0.39, 0.29) is 23.6 Å². The molecule has 0 saturated carbocycles. The first-order chi connectivity index (χ1) is 14.5. The molecule has 0 aliphatic carbocycles. The predicted molar refractivity (Wildman–Crippen MR) is 123 cm³/mol. The first kappa shape index (κ1) is 20.2. The fourth-order valence-electron chi connectivity index (χ4n) is 3.62. The fourth-order valence-corrected chi connectivity index (χ4v) is 4.91. The molecule has 0 bridgehead atoms. The van der Waals surface area contributed by atoms with Gasteiger partial charge in [0.1, 0.15) is 6.54 Å². The number of nitrogens with one attached hydrogen (secondary N) is 1. The van der Waals surface area contributed by atoms with Crippen molar-refractivity contribution in [2.24, 2.45) is 0 Å². The van der Waals surface area contributed by atoms with Gasteiger partial charge < -0.3 is 10.2 Å². The van der Waals surface area contributed by atoms with Crippen molar-refractivity contribution >= 4 is 35.0 Å². The van der Waals surface area contributed by atoms with E-state index < -0.39 is 0 Å². The van der Waals surface area contributed by atoms with Gasteiger partial charge in [-0.25, -0.2) is 0 Å². The molecule has 2 amide bonds. The maximum absolute atomic E-state index is 13.2. The van der Waals surface area contributed by atoms with E-state index in [1.807, 2.05) is 74.5 Å². The van der Waals surface area contributed by atoms with Crippen molar-refractivity contribution in [3.05, 3.63) is 89.5 Å². The molecule has 3 aromatic carbocycles. The Labute approximate surface area is 181 Å². The summed E-state index contributed by atoms with van der Waals surface area (Å²) in [6.45, 7) is 3.99. The summed E-state index contributed by atoms with van der Waals surface area (Å²) in [7, 11) is 0. The van der Waals surface area contributed by atoms with Gasteiger partial charge >= 0.3 is 0 Å². The van der Waals surface area contributed by atoms with Crippen LogP contribution in [0.2, 0.25) is 0 Å². The number of thioether (sulfide) groups is 1. The molecule has 5 heteroatoms. The first-order valence-corrected chi connectivity index (χ1v) is 10.9. The maximum Gasteiger partial charge on any atom is 0.244 e. The lowest BCUT2D eigenvalue weighted by Gasteiger charge is -2.22. The van der Waals surface area contributed by atoms with E-state index >= 15 is 0 Å². The van der Waals surface area contributed by atoms with Gasteiger partial charge in [0.2, 0.25) is 11.8 Å². The molecule has 0 spiro atoms. The zero-order valence-electron chi connectivity index (χ0n) is 17.1. The third-order valence-electron chi connectivity index (χ3n) is 5.44. The van der Waals surface area contributed by atoms with Gasteiger partial charge in [0, 0.05) is 22.3 Å². The third-order valence-corrected chi connectivity index (χ3v) is 6.76. The van der Waals surface area contributed by atoms with Crippen molar-refractivity contribution < 1.29 is 9.59 Å². The zero-order chi connectivity index (χ0) is 21.1. The molecular weight excluding hydrogens is 392 g/mol. The molecule has 4 nitrogen and oxygen atoms in total. The summed E-state index contributed by atoms with van der Waals surface area (Å²) in [5.41, 5.74) is 4.85. The van der Waals surface area contributed by atoms with Gasteiger partial charge in [-0.1, -0.05) is 54.6 Å². The molecule has 0 aromatic heterocycles. The largest absolute Gasteiger partial charge is 0.324 e. The Kier molecular flexibility index (Phi) is 5.91. The monoisotopic (exact) mass is 416 g/mol. The van der Waals surface area contributed by atoms with Gasteiger partial charge in [-0.3, -0.25) is 9.59 Å². The van der Waals surface area contributed by atoms with E-state index in [9.17, 15) is 9.59 Å². The van der Waals surface area contributed by atoms with Crippen LogP contribution < -0.4 is 10.2 Å². The second-order valence-corrected chi connectivity index (χ2v) is 8.71. The number of nitrogens with zero attached hydrogens (tertiary/aromatic N) is 1. The van der Waals surface area contributed by atoms with E-state index in [4.69, 9.17) is 0 Å². The highest BCUT2D eigenvalue weighted by Gasteiger charge is 2.30. The molecule has 1 aliphatic heterocycles. The number of hydrogen-bond acceptors (Lipinski definition) is 3. The topological polar surface area (TPSA) is 49.4 Å². The number of hydrogen-bond donors (Lipinski definition) is 1. The summed E-state index contributed by atoms with van der Waals surface area (Å²) in [5.74, 6) is -0.243.